The number of carbonyl (C=O) groups is 1. The summed E-state index contributed by atoms with van der Waals surface area (Å²) in [7, 11) is 0. The quantitative estimate of drug-likeness (QED) is 0.456. The number of ether oxygens (including phenoxy) is 1. The van der Waals surface area contributed by atoms with Gasteiger partial charge in [0, 0.05) is 0 Å². The van der Waals surface area contributed by atoms with Crippen LogP contribution >= 0.6 is 58.0 Å². The van der Waals surface area contributed by atoms with Gasteiger partial charge >= 0.3 is 0 Å². The van der Waals surface area contributed by atoms with E-state index in [0.29, 0.717) is 0 Å². The molecule has 0 bridgehead atoms. The fourth-order valence-corrected chi connectivity index (χ4v) is 1.95. The van der Waals surface area contributed by atoms with Crippen LogP contribution in [0.5, 0.6) is 5.75 Å². The molecule has 2 nitrogen and oxygen atoms in total. The third kappa shape index (κ3) is 2.05. The molecule has 0 saturated heterocycles. The van der Waals surface area contributed by atoms with Crippen LogP contribution in [0.25, 0.3) is 0 Å². The third-order valence-corrected chi connectivity index (χ3v) is 3.58. The Balaban J connectivity index is 3.50. The minimum atomic E-state index is -0.109. The lowest BCUT2D eigenvalue weighted by Gasteiger charge is -2.09. The summed E-state index contributed by atoms with van der Waals surface area (Å²) in [6.07, 6.45) is 0. The van der Waals surface area contributed by atoms with Crippen LogP contribution in [0.3, 0.4) is 0 Å². The van der Waals surface area contributed by atoms with E-state index in [4.69, 9.17) is 58.0 Å². The Morgan fingerprint density at radius 1 is 0.786 bits per heavy atom. The number of hydrogen-bond acceptors (Lipinski definition) is 2. The van der Waals surface area contributed by atoms with E-state index < -0.39 is 0 Å². The van der Waals surface area contributed by atoms with Crippen molar-refractivity contribution in [2.75, 3.05) is 0 Å². The predicted molar refractivity (Wildman–Crippen MR) is 58.2 cm³/mol. The van der Waals surface area contributed by atoms with E-state index in [1.807, 2.05) is 0 Å². The van der Waals surface area contributed by atoms with Gasteiger partial charge in [0.05, 0.1) is 15.1 Å². The number of hydrogen-bond donors (Lipinski definition) is 0. The van der Waals surface area contributed by atoms with E-state index in [1.165, 1.54) is 0 Å². The van der Waals surface area contributed by atoms with E-state index in [1.54, 1.807) is 0 Å². The lowest BCUT2D eigenvalue weighted by Crippen LogP contribution is -1.92. The average molecular weight is 294 g/mol. The molecule has 0 unspecified atom stereocenters. The summed E-state index contributed by atoms with van der Waals surface area (Å²) >= 11 is 28.5. The van der Waals surface area contributed by atoms with Gasteiger partial charge in [-0.25, -0.2) is 0 Å². The fraction of sp³-hybridized carbons (Fsp3) is 0. The molecule has 0 radical (unpaired) electrons. The molecule has 7 heteroatoms. The highest BCUT2D eigenvalue weighted by atomic mass is 35.5. The maximum absolute atomic E-state index is 10.1. The summed E-state index contributed by atoms with van der Waals surface area (Å²) in [5.41, 5.74) is 0. The molecule has 14 heavy (non-hydrogen) atoms. The van der Waals surface area contributed by atoms with Crippen molar-refractivity contribution in [2.24, 2.45) is 0 Å². The first-order valence-corrected chi connectivity index (χ1v) is 5.01. The van der Waals surface area contributed by atoms with Crippen molar-refractivity contribution < 1.29 is 9.53 Å². The van der Waals surface area contributed by atoms with Crippen LogP contribution in [0.15, 0.2) is 0 Å². The van der Waals surface area contributed by atoms with Gasteiger partial charge in [0.1, 0.15) is 10.0 Å². The van der Waals surface area contributed by atoms with Gasteiger partial charge in [0.2, 0.25) is 0 Å². The summed E-state index contributed by atoms with van der Waals surface area (Å²) in [6.45, 7) is 0.160. The lowest BCUT2D eigenvalue weighted by molar-refractivity contribution is -0.120. The molecular formula is C7HCl5O2. The zero-order valence-electron chi connectivity index (χ0n) is 6.28. The molecule has 0 N–H and O–H groups in total. The van der Waals surface area contributed by atoms with E-state index in [9.17, 15) is 4.79 Å². The van der Waals surface area contributed by atoms with Gasteiger partial charge in [-0.15, -0.1) is 0 Å². The molecule has 0 atom stereocenters. The lowest BCUT2D eigenvalue weighted by atomic mass is 10.3. The molecule has 1 rings (SSSR count). The number of carbonyl (C=O) groups excluding carboxylic acids is 1. The Morgan fingerprint density at radius 3 is 1.50 bits per heavy atom. The summed E-state index contributed by atoms with van der Waals surface area (Å²) in [5, 5.41) is -0.128. The van der Waals surface area contributed by atoms with Crippen molar-refractivity contribution in [2.45, 2.75) is 0 Å². The molecule has 76 valence electrons. The van der Waals surface area contributed by atoms with Gasteiger partial charge in [0.25, 0.3) is 6.47 Å². The topological polar surface area (TPSA) is 26.3 Å². The fourth-order valence-electron chi connectivity index (χ4n) is 0.736. The van der Waals surface area contributed by atoms with Gasteiger partial charge in [0.15, 0.2) is 5.75 Å². The standard InChI is InChI=1S/C7HCl5O2/c8-2-3(9)5(11)7(14-1-13)6(12)4(2)10/h1H. The minimum Gasteiger partial charge on any atom is -0.425 e. The van der Waals surface area contributed by atoms with Gasteiger partial charge < -0.3 is 4.74 Å². The first kappa shape index (κ1) is 12.2. The van der Waals surface area contributed by atoms with Gasteiger partial charge in [-0.05, 0) is 0 Å². The molecule has 1 aromatic carbocycles. The summed E-state index contributed by atoms with van der Waals surface area (Å²) in [5.74, 6) is -0.109. The highest BCUT2D eigenvalue weighted by molar-refractivity contribution is 6.55. The molecule has 0 heterocycles. The van der Waals surface area contributed by atoms with Gasteiger partial charge in [-0.3, -0.25) is 4.79 Å². The average Bonchev–Trinajstić information content (AvgIpc) is 2.19. The van der Waals surface area contributed by atoms with Crippen LogP contribution in [-0.4, -0.2) is 6.47 Å². The van der Waals surface area contributed by atoms with E-state index in [-0.39, 0.29) is 37.3 Å². The second kappa shape index (κ2) is 4.77. The molecule has 0 fully saturated rings. The van der Waals surface area contributed by atoms with Crippen molar-refractivity contribution >= 4 is 64.5 Å². The first-order chi connectivity index (χ1) is 6.50. The predicted octanol–water partition coefficient (Wildman–Crippen LogP) is 4.49. The molecule has 0 amide bonds. The summed E-state index contributed by atoms with van der Waals surface area (Å²) in [6, 6.07) is 0. The zero-order valence-corrected chi connectivity index (χ0v) is 10.1. The van der Waals surface area contributed by atoms with Crippen LogP contribution in [-0.2, 0) is 4.79 Å². The molecule has 0 aliphatic carbocycles. The van der Waals surface area contributed by atoms with Gasteiger partial charge in [-0.2, -0.15) is 0 Å². The van der Waals surface area contributed by atoms with E-state index in [2.05, 4.69) is 4.74 Å². The number of benzene rings is 1. The Kier molecular flexibility index (Phi) is 4.16. The molecule has 1 aromatic rings. The summed E-state index contributed by atoms with van der Waals surface area (Å²) in [4.78, 5) is 10.1. The molecule has 0 aliphatic heterocycles. The zero-order chi connectivity index (χ0) is 10.9. The Morgan fingerprint density at radius 2 is 1.14 bits per heavy atom. The number of rotatable bonds is 2. The van der Waals surface area contributed by atoms with Crippen LogP contribution in [0, 0.1) is 0 Å². The molecule has 0 aliphatic rings. The number of halogens is 5. The Labute approximate surface area is 105 Å². The van der Waals surface area contributed by atoms with E-state index >= 15 is 0 Å². The first-order valence-electron chi connectivity index (χ1n) is 3.12. The van der Waals surface area contributed by atoms with Gasteiger partial charge in [-0.1, -0.05) is 58.0 Å². The second-order valence-electron chi connectivity index (χ2n) is 2.11. The maximum Gasteiger partial charge on any atom is 0.298 e. The van der Waals surface area contributed by atoms with E-state index in [0.717, 1.165) is 0 Å². The van der Waals surface area contributed by atoms with Crippen LogP contribution < -0.4 is 4.74 Å². The van der Waals surface area contributed by atoms with Crippen molar-refractivity contribution in [3.8, 4) is 5.75 Å². The monoisotopic (exact) mass is 292 g/mol. The highest BCUT2D eigenvalue weighted by Crippen LogP contribution is 2.47. The molecular weight excluding hydrogens is 293 g/mol. The van der Waals surface area contributed by atoms with Crippen LogP contribution in [0.4, 0.5) is 0 Å². The Hall–Kier alpha value is 0.140. The van der Waals surface area contributed by atoms with Crippen molar-refractivity contribution in [1.82, 2.24) is 0 Å². The van der Waals surface area contributed by atoms with Crippen LogP contribution in [0.2, 0.25) is 25.1 Å². The maximum atomic E-state index is 10.1. The third-order valence-electron chi connectivity index (χ3n) is 1.34. The Bertz CT molecular complexity index is 361. The molecule has 0 saturated carbocycles. The normalized spacial score (nSPS) is 10.1. The van der Waals surface area contributed by atoms with Crippen molar-refractivity contribution in [3.05, 3.63) is 25.1 Å². The second-order valence-corrected chi connectivity index (χ2v) is 4.00. The van der Waals surface area contributed by atoms with Crippen molar-refractivity contribution in [3.63, 3.8) is 0 Å². The smallest absolute Gasteiger partial charge is 0.298 e. The SMILES string of the molecule is O=COc1c(Cl)c(Cl)c(Cl)c(Cl)c1Cl. The van der Waals surface area contributed by atoms with Crippen molar-refractivity contribution in [1.29, 1.82) is 0 Å². The highest BCUT2D eigenvalue weighted by Gasteiger charge is 2.20. The molecule has 0 aromatic heterocycles. The minimum absolute atomic E-state index is 0.0143. The largest absolute Gasteiger partial charge is 0.425 e. The van der Waals surface area contributed by atoms with Crippen LogP contribution in [0.1, 0.15) is 0 Å². The molecule has 0 spiro atoms. The summed E-state index contributed by atoms with van der Waals surface area (Å²) < 4.78 is 4.51.